The van der Waals surface area contributed by atoms with E-state index in [1.807, 2.05) is 0 Å². The first-order chi connectivity index (χ1) is 9.28. The summed E-state index contributed by atoms with van der Waals surface area (Å²) in [7, 11) is 1.69. The Hall–Kier alpha value is -1.26. The summed E-state index contributed by atoms with van der Waals surface area (Å²) in [6.45, 7) is 4.95. The molecule has 19 heavy (non-hydrogen) atoms. The van der Waals surface area contributed by atoms with Gasteiger partial charge in [-0.1, -0.05) is 0 Å². The Balaban J connectivity index is 1.78. The third-order valence-corrected chi connectivity index (χ3v) is 4.51. The number of benzene rings is 1. The van der Waals surface area contributed by atoms with Crippen molar-refractivity contribution in [1.82, 2.24) is 4.90 Å². The zero-order chi connectivity index (χ0) is 13.2. The highest BCUT2D eigenvalue weighted by atomic mass is 16.5. The zero-order valence-corrected chi connectivity index (χ0v) is 11.7. The summed E-state index contributed by atoms with van der Waals surface area (Å²) in [4.78, 5) is 2.66. The lowest BCUT2D eigenvalue weighted by molar-refractivity contribution is -0.663. The molecule has 4 nitrogen and oxygen atoms in total. The molecule has 1 saturated heterocycles. The molecule has 0 saturated carbocycles. The summed E-state index contributed by atoms with van der Waals surface area (Å²) in [5, 5.41) is 2.41. The molecule has 0 aromatic heterocycles. The molecule has 4 heteroatoms. The molecule has 1 aromatic rings. The molecule has 1 atom stereocenters. The first kappa shape index (κ1) is 12.8. The van der Waals surface area contributed by atoms with Crippen LogP contribution >= 0.6 is 0 Å². The number of nitrogen functional groups attached to an aromatic ring is 1. The molecule has 0 amide bonds. The highest BCUT2D eigenvalue weighted by Gasteiger charge is 2.26. The largest absolute Gasteiger partial charge is 0.495 e. The van der Waals surface area contributed by atoms with Crippen molar-refractivity contribution in [1.29, 1.82) is 0 Å². The second-order valence-electron chi connectivity index (χ2n) is 5.66. The molecule has 1 fully saturated rings. The number of rotatable bonds is 2. The van der Waals surface area contributed by atoms with Gasteiger partial charge in [-0.2, -0.15) is 0 Å². The van der Waals surface area contributed by atoms with Crippen LogP contribution in [0, 0.1) is 0 Å². The fourth-order valence-electron chi connectivity index (χ4n) is 3.41. The average Bonchev–Trinajstić information content (AvgIpc) is 2.47. The minimum atomic E-state index is 0.703. The maximum absolute atomic E-state index is 5.99. The van der Waals surface area contributed by atoms with Crippen LogP contribution < -0.4 is 15.8 Å². The number of hydrogen-bond acceptors (Lipinski definition) is 3. The molecule has 104 valence electrons. The van der Waals surface area contributed by atoms with Crippen LogP contribution in [0.5, 0.6) is 5.75 Å². The van der Waals surface area contributed by atoms with Gasteiger partial charge >= 0.3 is 0 Å². The molecule has 3 rings (SSSR count). The minimum Gasteiger partial charge on any atom is -0.495 e. The predicted octanol–water partition coefficient (Wildman–Crippen LogP) is 0.0137. The summed E-state index contributed by atoms with van der Waals surface area (Å²) >= 11 is 0. The predicted molar refractivity (Wildman–Crippen MR) is 76.5 cm³/mol. The fraction of sp³-hybridized carbons (Fsp3) is 0.600. The van der Waals surface area contributed by atoms with Crippen LogP contribution in [0.2, 0.25) is 0 Å². The minimum absolute atomic E-state index is 0.703. The van der Waals surface area contributed by atoms with Gasteiger partial charge in [0.05, 0.1) is 25.9 Å². The van der Waals surface area contributed by atoms with Crippen LogP contribution in [0.1, 0.15) is 17.5 Å². The van der Waals surface area contributed by atoms with Crippen molar-refractivity contribution in [2.75, 3.05) is 39.0 Å². The number of methoxy groups -OCH3 is 1. The quantitative estimate of drug-likeness (QED) is 0.739. The van der Waals surface area contributed by atoms with E-state index < -0.39 is 0 Å². The summed E-state index contributed by atoms with van der Waals surface area (Å²) in [5.74, 6) is 0.825. The molecule has 0 spiro atoms. The van der Waals surface area contributed by atoms with Crippen LogP contribution in [0.25, 0.3) is 0 Å². The monoisotopic (exact) mass is 262 g/mol. The molecule has 2 aliphatic rings. The van der Waals surface area contributed by atoms with Crippen LogP contribution in [-0.4, -0.2) is 44.2 Å². The lowest BCUT2D eigenvalue weighted by Crippen LogP contribution is -2.90. The van der Waals surface area contributed by atoms with Crippen molar-refractivity contribution in [3.63, 3.8) is 0 Å². The number of nitrogens with zero attached hydrogens (tertiary/aromatic N) is 1. The van der Waals surface area contributed by atoms with E-state index in [1.165, 1.54) is 43.7 Å². The van der Waals surface area contributed by atoms with Gasteiger partial charge in [0, 0.05) is 19.1 Å². The van der Waals surface area contributed by atoms with E-state index in [2.05, 4.69) is 22.3 Å². The van der Waals surface area contributed by atoms with Gasteiger partial charge in [-0.15, -0.1) is 0 Å². The van der Waals surface area contributed by atoms with Gasteiger partial charge in [0.15, 0.2) is 0 Å². The Morgan fingerprint density at radius 1 is 1.26 bits per heavy atom. The lowest BCUT2D eigenvalue weighted by atomic mass is 9.86. The van der Waals surface area contributed by atoms with Crippen molar-refractivity contribution in [3.05, 3.63) is 23.3 Å². The van der Waals surface area contributed by atoms with Crippen LogP contribution in [0.3, 0.4) is 0 Å². The van der Waals surface area contributed by atoms with Gasteiger partial charge in [-0.25, -0.2) is 0 Å². The van der Waals surface area contributed by atoms with E-state index in [9.17, 15) is 0 Å². The van der Waals surface area contributed by atoms with Gasteiger partial charge in [0.25, 0.3) is 0 Å². The Bertz CT molecular complexity index is 455. The van der Waals surface area contributed by atoms with Gasteiger partial charge in [0.2, 0.25) is 0 Å². The number of aryl methyl sites for hydroxylation is 1. The standard InChI is InChI=1S/C15H23N3O/c1-19-15-10-12-8-13(18-6-4-17-5-7-18)3-2-11(12)9-14(15)16/h9-10,13,17H,2-8,16H2,1H3/p+1. The summed E-state index contributed by atoms with van der Waals surface area (Å²) < 4.78 is 5.35. The van der Waals surface area contributed by atoms with E-state index >= 15 is 0 Å². The van der Waals surface area contributed by atoms with Crippen molar-refractivity contribution >= 4 is 5.69 Å². The highest BCUT2D eigenvalue weighted by molar-refractivity contribution is 5.57. The van der Waals surface area contributed by atoms with Gasteiger partial charge < -0.3 is 15.8 Å². The SMILES string of the molecule is COc1cc2c(cc1N)CCC(N1CC[NH2+]CC1)C2. The summed E-state index contributed by atoms with van der Waals surface area (Å²) in [5.41, 5.74) is 9.61. The van der Waals surface area contributed by atoms with E-state index in [0.717, 1.165) is 24.3 Å². The van der Waals surface area contributed by atoms with Gasteiger partial charge in [-0.05, 0) is 42.5 Å². The molecule has 1 unspecified atom stereocenters. The van der Waals surface area contributed by atoms with Gasteiger partial charge in [-0.3, -0.25) is 4.90 Å². The number of ether oxygens (including phenoxy) is 1. The van der Waals surface area contributed by atoms with Crippen molar-refractivity contribution < 1.29 is 10.1 Å². The van der Waals surface area contributed by atoms with E-state index in [0.29, 0.717) is 6.04 Å². The van der Waals surface area contributed by atoms with Crippen LogP contribution in [0.4, 0.5) is 5.69 Å². The number of hydrogen-bond donors (Lipinski definition) is 2. The molecule has 1 heterocycles. The third kappa shape index (κ3) is 2.55. The first-order valence-electron chi connectivity index (χ1n) is 7.29. The number of nitrogens with two attached hydrogens (primary N) is 2. The normalized spacial score (nSPS) is 23.9. The smallest absolute Gasteiger partial charge is 0.142 e. The van der Waals surface area contributed by atoms with E-state index in [1.54, 1.807) is 7.11 Å². The van der Waals surface area contributed by atoms with E-state index in [4.69, 9.17) is 10.5 Å². The molecule has 1 aliphatic heterocycles. The van der Waals surface area contributed by atoms with Crippen molar-refractivity contribution in [2.45, 2.75) is 25.3 Å². The average molecular weight is 262 g/mol. The third-order valence-electron chi connectivity index (χ3n) is 4.51. The van der Waals surface area contributed by atoms with Crippen molar-refractivity contribution in [3.8, 4) is 5.75 Å². The maximum atomic E-state index is 5.99. The van der Waals surface area contributed by atoms with Crippen molar-refractivity contribution in [2.24, 2.45) is 0 Å². The molecular formula is C15H24N3O+. The topological polar surface area (TPSA) is 55.1 Å². The Labute approximate surface area is 114 Å². The summed E-state index contributed by atoms with van der Waals surface area (Å²) in [6.07, 6.45) is 3.55. The second-order valence-corrected chi connectivity index (χ2v) is 5.66. The highest BCUT2D eigenvalue weighted by Crippen LogP contribution is 2.32. The van der Waals surface area contributed by atoms with E-state index in [-0.39, 0.29) is 0 Å². The molecule has 0 bridgehead atoms. The molecule has 4 N–H and O–H groups in total. The molecule has 1 aromatic carbocycles. The molecule has 1 aliphatic carbocycles. The second kappa shape index (κ2) is 5.39. The molecule has 0 radical (unpaired) electrons. The Morgan fingerprint density at radius 3 is 2.79 bits per heavy atom. The van der Waals surface area contributed by atoms with Crippen LogP contribution in [0.15, 0.2) is 12.1 Å². The number of fused-ring (bicyclic) bond motifs is 1. The summed E-state index contributed by atoms with van der Waals surface area (Å²) in [6, 6.07) is 4.95. The van der Waals surface area contributed by atoms with Crippen LogP contribution in [-0.2, 0) is 12.8 Å². The number of quaternary nitrogens is 1. The van der Waals surface area contributed by atoms with Gasteiger partial charge in [0.1, 0.15) is 5.75 Å². The Morgan fingerprint density at radius 2 is 2.05 bits per heavy atom. The number of anilines is 1. The maximum Gasteiger partial charge on any atom is 0.142 e. The first-order valence-corrected chi connectivity index (χ1v) is 7.29. The zero-order valence-electron chi connectivity index (χ0n) is 11.7. The fourth-order valence-corrected chi connectivity index (χ4v) is 3.41. The number of piperazine rings is 1. The Kier molecular flexibility index (Phi) is 3.62. The lowest BCUT2D eigenvalue weighted by Gasteiger charge is -2.36. The molecular weight excluding hydrogens is 238 g/mol.